The molecule has 0 aliphatic heterocycles. The molecule has 1 heterocycles. The van der Waals surface area contributed by atoms with Crippen molar-refractivity contribution in [3.8, 4) is 5.75 Å². The van der Waals surface area contributed by atoms with Gasteiger partial charge in [0.15, 0.2) is 0 Å². The van der Waals surface area contributed by atoms with Crippen LogP contribution in [0.4, 0.5) is 5.69 Å². The second kappa shape index (κ2) is 5.01. The molecule has 2 rings (SSSR count). The van der Waals surface area contributed by atoms with Crippen molar-refractivity contribution in [2.45, 2.75) is 0 Å². The van der Waals surface area contributed by atoms with Crippen LogP contribution in [0.1, 0.15) is 10.5 Å². The van der Waals surface area contributed by atoms with Crippen LogP contribution in [-0.4, -0.2) is 23.2 Å². The third-order valence-electron chi connectivity index (χ3n) is 2.15. The van der Waals surface area contributed by atoms with E-state index in [1.807, 2.05) is 6.07 Å². The average molecular weight is 296 g/mol. The number of methoxy groups -OCH3 is 1. The van der Waals surface area contributed by atoms with Crippen LogP contribution in [0.15, 0.2) is 34.9 Å². The van der Waals surface area contributed by atoms with Crippen molar-refractivity contribution in [1.29, 1.82) is 0 Å². The molecule has 88 valence electrons. The maximum absolute atomic E-state index is 11.8. The molecule has 2 N–H and O–H groups in total. The highest BCUT2D eigenvalue weighted by atomic mass is 79.9. The Bertz CT molecular complexity index is 539. The Morgan fingerprint density at radius 3 is 3.00 bits per heavy atom. The van der Waals surface area contributed by atoms with Crippen LogP contribution in [0.2, 0.25) is 0 Å². The van der Waals surface area contributed by atoms with Gasteiger partial charge in [0, 0.05) is 11.8 Å². The van der Waals surface area contributed by atoms with Gasteiger partial charge in [0.25, 0.3) is 5.91 Å². The van der Waals surface area contributed by atoms with Gasteiger partial charge in [-0.25, -0.2) is 0 Å². The fourth-order valence-electron chi connectivity index (χ4n) is 1.33. The molecule has 0 aliphatic carbocycles. The topological polar surface area (TPSA) is 67.0 Å². The van der Waals surface area contributed by atoms with Crippen molar-refractivity contribution in [3.05, 3.63) is 40.6 Å². The summed E-state index contributed by atoms with van der Waals surface area (Å²) in [6.45, 7) is 0. The minimum Gasteiger partial charge on any atom is -0.497 e. The first kappa shape index (κ1) is 11.7. The number of carbonyl (C=O) groups is 1. The Morgan fingerprint density at radius 1 is 1.53 bits per heavy atom. The first-order chi connectivity index (χ1) is 8.20. The Kier molecular flexibility index (Phi) is 3.43. The lowest BCUT2D eigenvalue weighted by Crippen LogP contribution is -2.13. The molecule has 0 saturated heterocycles. The standard InChI is InChI=1S/C11H10BrN3O2/c1-17-8-4-2-3-7(5-8)14-11(16)10-9(12)6-13-15-10/h2-6H,1H3,(H,13,15)(H,14,16). The summed E-state index contributed by atoms with van der Waals surface area (Å²) in [5.74, 6) is 0.425. The number of carbonyl (C=O) groups excluding carboxylic acids is 1. The lowest BCUT2D eigenvalue weighted by Gasteiger charge is -2.05. The molecule has 5 nitrogen and oxygen atoms in total. The molecule has 0 saturated carbocycles. The van der Waals surface area contributed by atoms with Gasteiger partial charge in [-0.3, -0.25) is 9.89 Å². The van der Waals surface area contributed by atoms with E-state index in [0.29, 0.717) is 21.6 Å². The Balaban J connectivity index is 2.16. The largest absolute Gasteiger partial charge is 0.497 e. The highest BCUT2D eigenvalue weighted by Crippen LogP contribution is 2.19. The molecule has 0 atom stereocenters. The number of anilines is 1. The summed E-state index contributed by atoms with van der Waals surface area (Å²) in [5.41, 5.74) is 1.05. The number of aromatic nitrogens is 2. The maximum atomic E-state index is 11.8. The average Bonchev–Trinajstić information content (AvgIpc) is 2.76. The van der Waals surface area contributed by atoms with Gasteiger partial charge in [0.1, 0.15) is 11.4 Å². The van der Waals surface area contributed by atoms with Crippen LogP contribution >= 0.6 is 15.9 Å². The third kappa shape index (κ3) is 2.65. The molecule has 1 aromatic heterocycles. The van der Waals surface area contributed by atoms with Crippen LogP contribution in [0.5, 0.6) is 5.75 Å². The first-order valence-electron chi connectivity index (χ1n) is 4.85. The second-order valence-corrected chi connectivity index (χ2v) is 4.13. The summed E-state index contributed by atoms with van der Waals surface area (Å²) in [7, 11) is 1.58. The molecular weight excluding hydrogens is 286 g/mol. The molecule has 0 unspecified atom stereocenters. The van der Waals surface area contributed by atoms with E-state index >= 15 is 0 Å². The summed E-state index contributed by atoms with van der Waals surface area (Å²) in [6.07, 6.45) is 1.53. The minimum atomic E-state index is -0.261. The highest BCUT2D eigenvalue weighted by molar-refractivity contribution is 9.10. The lowest BCUT2D eigenvalue weighted by molar-refractivity contribution is 0.102. The number of benzene rings is 1. The van der Waals surface area contributed by atoms with Crippen LogP contribution < -0.4 is 10.1 Å². The van der Waals surface area contributed by atoms with Crippen molar-refractivity contribution in [2.75, 3.05) is 12.4 Å². The number of hydrogen-bond acceptors (Lipinski definition) is 3. The van der Waals surface area contributed by atoms with Crippen LogP contribution in [0, 0.1) is 0 Å². The number of rotatable bonds is 3. The van der Waals surface area contributed by atoms with Crippen LogP contribution in [0.3, 0.4) is 0 Å². The number of ether oxygens (including phenoxy) is 1. The van der Waals surface area contributed by atoms with Crippen molar-refractivity contribution < 1.29 is 9.53 Å². The predicted octanol–water partition coefficient (Wildman–Crippen LogP) is 2.43. The number of aromatic amines is 1. The molecule has 1 aromatic carbocycles. The van der Waals surface area contributed by atoms with Gasteiger partial charge in [-0.15, -0.1) is 0 Å². The summed E-state index contributed by atoms with van der Waals surface area (Å²) >= 11 is 3.23. The number of nitrogens with one attached hydrogen (secondary N) is 2. The zero-order chi connectivity index (χ0) is 12.3. The summed E-state index contributed by atoms with van der Waals surface area (Å²) in [6, 6.07) is 7.13. The Hall–Kier alpha value is -1.82. The van der Waals surface area contributed by atoms with Gasteiger partial charge in [0.05, 0.1) is 17.8 Å². The number of amides is 1. The summed E-state index contributed by atoms with van der Waals surface area (Å²) in [4.78, 5) is 11.8. The van der Waals surface area contributed by atoms with E-state index in [2.05, 4.69) is 31.4 Å². The second-order valence-electron chi connectivity index (χ2n) is 3.28. The number of halogens is 1. The molecule has 0 aliphatic rings. The van der Waals surface area contributed by atoms with E-state index in [1.54, 1.807) is 25.3 Å². The molecular formula is C11H10BrN3O2. The zero-order valence-corrected chi connectivity index (χ0v) is 10.6. The van der Waals surface area contributed by atoms with Gasteiger partial charge in [-0.2, -0.15) is 5.10 Å². The minimum absolute atomic E-state index is 0.261. The molecule has 6 heteroatoms. The van der Waals surface area contributed by atoms with Gasteiger partial charge >= 0.3 is 0 Å². The van der Waals surface area contributed by atoms with Crippen molar-refractivity contribution in [1.82, 2.24) is 10.2 Å². The van der Waals surface area contributed by atoms with Gasteiger partial charge in [-0.05, 0) is 28.1 Å². The lowest BCUT2D eigenvalue weighted by atomic mass is 10.3. The number of nitrogens with zero attached hydrogens (tertiary/aromatic N) is 1. The van der Waals surface area contributed by atoms with Crippen molar-refractivity contribution in [2.24, 2.45) is 0 Å². The van der Waals surface area contributed by atoms with Gasteiger partial charge < -0.3 is 10.1 Å². The van der Waals surface area contributed by atoms with E-state index in [9.17, 15) is 4.79 Å². The third-order valence-corrected chi connectivity index (χ3v) is 2.75. The summed E-state index contributed by atoms with van der Waals surface area (Å²) < 4.78 is 5.69. The highest BCUT2D eigenvalue weighted by Gasteiger charge is 2.12. The fourth-order valence-corrected chi connectivity index (χ4v) is 1.70. The monoisotopic (exact) mass is 295 g/mol. The number of hydrogen-bond donors (Lipinski definition) is 2. The molecule has 0 spiro atoms. The molecule has 2 aromatic rings. The normalized spacial score (nSPS) is 10.0. The van der Waals surface area contributed by atoms with Crippen molar-refractivity contribution >= 4 is 27.5 Å². The first-order valence-corrected chi connectivity index (χ1v) is 5.64. The van der Waals surface area contributed by atoms with E-state index < -0.39 is 0 Å². The molecule has 1 amide bonds. The molecule has 0 radical (unpaired) electrons. The van der Waals surface area contributed by atoms with Crippen molar-refractivity contribution in [3.63, 3.8) is 0 Å². The maximum Gasteiger partial charge on any atom is 0.274 e. The van der Waals surface area contributed by atoms with Gasteiger partial charge in [0.2, 0.25) is 0 Å². The molecule has 17 heavy (non-hydrogen) atoms. The van der Waals surface area contributed by atoms with E-state index in [-0.39, 0.29) is 5.91 Å². The van der Waals surface area contributed by atoms with E-state index in [1.165, 1.54) is 6.20 Å². The smallest absolute Gasteiger partial charge is 0.274 e. The van der Waals surface area contributed by atoms with Crippen LogP contribution in [0.25, 0.3) is 0 Å². The fraction of sp³-hybridized carbons (Fsp3) is 0.0909. The molecule has 0 fully saturated rings. The van der Waals surface area contributed by atoms with Crippen LogP contribution in [-0.2, 0) is 0 Å². The Morgan fingerprint density at radius 2 is 2.35 bits per heavy atom. The predicted molar refractivity (Wildman–Crippen MR) is 67.2 cm³/mol. The molecule has 0 bridgehead atoms. The SMILES string of the molecule is COc1cccc(NC(=O)c2[nH]ncc2Br)c1. The van der Waals surface area contributed by atoms with E-state index in [0.717, 1.165) is 0 Å². The van der Waals surface area contributed by atoms with E-state index in [4.69, 9.17) is 4.74 Å². The quantitative estimate of drug-likeness (QED) is 0.914. The Labute approximate surface area is 106 Å². The zero-order valence-electron chi connectivity index (χ0n) is 9.03. The van der Waals surface area contributed by atoms with Gasteiger partial charge in [-0.1, -0.05) is 6.07 Å². The number of H-pyrrole nitrogens is 1. The summed E-state index contributed by atoms with van der Waals surface area (Å²) in [5, 5.41) is 9.11.